The highest BCUT2D eigenvalue weighted by Gasteiger charge is 2.32. The van der Waals surface area contributed by atoms with Crippen molar-refractivity contribution in [3.05, 3.63) is 29.8 Å². The fraction of sp³-hybridized carbons (Fsp3) is 0.500. The van der Waals surface area contributed by atoms with Gasteiger partial charge < -0.3 is 15.4 Å². The van der Waals surface area contributed by atoms with Gasteiger partial charge in [-0.25, -0.2) is 4.99 Å². The van der Waals surface area contributed by atoms with Gasteiger partial charge in [-0.15, -0.1) is 13.2 Å². The molecule has 1 aliphatic heterocycles. The van der Waals surface area contributed by atoms with Gasteiger partial charge in [-0.2, -0.15) is 0 Å². The van der Waals surface area contributed by atoms with Crippen LogP contribution in [0.4, 0.5) is 13.2 Å². The summed E-state index contributed by atoms with van der Waals surface area (Å²) in [5.41, 5.74) is 0.276. The molecule has 1 fully saturated rings. The van der Waals surface area contributed by atoms with Gasteiger partial charge in [-0.05, 0) is 19.4 Å². The average Bonchev–Trinajstić information content (AvgIpc) is 2.62. The first-order chi connectivity index (χ1) is 13.3. The third-order valence-corrected chi connectivity index (χ3v) is 3.96. The maximum Gasteiger partial charge on any atom is 0.573 e. The van der Waals surface area contributed by atoms with Gasteiger partial charge >= 0.3 is 6.36 Å². The minimum Gasteiger partial charge on any atom is -0.405 e. The van der Waals surface area contributed by atoms with E-state index < -0.39 is 6.36 Å². The second kappa shape index (κ2) is 9.95. The van der Waals surface area contributed by atoms with Crippen LogP contribution >= 0.6 is 0 Å². The number of amides is 2. The molecular weight excluding hydrogens is 377 g/mol. The molecule has 1 aromatic carbocycles. The van der Waals surface area contributed by atoms with E-state index in [1.54, 1.807) is 6.07 Å². The summed E-state index contributed by atoms with van der Waals surface area (Å²) >= 11 is 0. The zero-order valence-corrected chi connectivity index (χ0v) is 15.5. The van der Waals surface area contributed by atoms with E-state index in [0.717, 1.165) is 0 Å². The second-order valence-corrected chi connectivity index (χ2v) is 6.07. The summed E-state index contributed by atoms with van der Waals surface area (Å²) < 4.78 is 41.5. The third-order valence-electron chi connectivity index (χ3n) is 3.96. The molecule has 0 unspecified atom stereocenters. The van der Waals surface area contributed by atoms with Gasteiger partial charge in [-0.3, -0.25) is 14.5 Å². The summed E-state index contributed by atoms with van der Waals surface area (Å²) in [4.78, 5) is 29.1. The number of carbonyl (C=O) groups excluding carboxylic acids is 2. The summed E-state index contributed by atoms with van der Waals surface area (Å²) in [5, 5.41) is 5.94. The number of piperidine rings is 1. The molecule has 0 aliphatic carbocycles. The first kappa shape index (κ1) is 21.5. The largest absolute Gasteiger partial charge is 0.573 e. The molecule has 2 rings (SSSR count). The van der Waals surface area contributed by atoms with Crippen LogP contribution < -0.4 is 15.4 Å². The molecule has 0 spiro atoms. The number of halogens is 3. The van der Waals surface area contributed by atoms with Crippen molar-refractivity contribution in [2.24, 2.45) is 4.99 Å². The molecule has 2 N–H and O–H groups in total. The van der Waals surface area contributed by atoms with Crippen LogP contribution in [0.2, 0.25) is 0 Å². The lowest BCUT2D eigenvalue weighted by atomic mass is 10.1. The Morgan fingerprint density at radius 2 is 1.86 bits per heavy atom. The van der Waals surface area contributed by atoms with Crippen LogP contribution in [0, 0.1) is 0 Å². The molecule has 154 valence electrons. The van der Waals surface area contributed by atoms with Crippen LogP contribution in [0.1, 0.15) is 31.7 Å². The van der Waals surface area contributed by atoms with Crippen molar-refractivity contribution in [2.75, 3.05) is 19.6 Å². The quantitative estimate of drug-likeness (QED) is 0.417. The SMILES string of the molecule is CCNC(=NCc1ccccc1OC(F)(F)F)NCCN1C(=O)CCCC1=O. The van der Waals surface area contributed by atoms with E-state index in [9.17, 15) is 22.8 Å². The van der Waals surface area contributed by atoms with E-state index >= 15 is 0 Å². The molecule has 2 amide bonds. The Bertz CT molecular complexity index is 706. The van der Waals surface area contributed by atoms with Crippen LogP contribution in [0.15, 0.2) is 29.3 Å². The average molecular weight is 400 g/mol. The number of para-hydroxylation sites is 1. The molecule has 0 bridgehead atoms. The van der Waals surface area contributed by atoms with Gasteiger partial charge in [0.15, 0.2) is 5.96 Å². The summed E-state index contributed by atoms with van der Waals surface area (Å²) in [6.45, 7) is 2.83. The number of aliphatic imine (C=N–C) groups is 1. The van der Waals surface area contributed by atoms with Crippen molar-refractivity contribution in [1.82, 2.24) is 15.5 Å². The van der Waals surface area contributed by atoms with Gasteiger partial charge in [0.05, 0.1) is 6.54 Å². The molecule has 28 heavy (non-hydrogen) atoms. The second-order valence-electron chi connectivity index (χ2n) is 6.07. The molecule has 1 aromatic rings. The topological polar surface area (TPSA) is 83.0 Å². The Balaban J connectivity index is 1.97. The standard InChI is InChI=1S/C18H23F3N4O3/c1-2-22-17(23-10-11-25-15(26)8-5-9-16(25)27)24-12-13-6-3-4-7-14(13)28-18(19,20)21/h3-4,6-7H,2,5,8-12H2,1H3,(H2,22,23,24). The van der Waals surface area contributed by atoms with E-state index in [1.165, 1.54) is 23.1 Å². The number of hydrogen-bond acceptors (Lipinski definition) is 4. The van der Waals surface area contributed by atoms with Gasteiger partial charge in [0, 0.05) is 38.0 Å². The number of likely N-dealkylation sites (tertiary alicyclic amines) is 1. The summed E-state index contributed by atoms with van der Waals surface area (Å²) in [6.07, 6.45) is -3.49. The monoisotopic (exact) mass is 400 g/mol. The number of ether oxygens (including phenoxy) is 1. The molecule has 1 aliphatic rings. The Kier molecular flexibility index (Phi) is 7.65. The first-order valence-corrected chi connectivity index (χ1v) is 8.99. The molecule has 0 radical (unpaired) electrons. The number of guanidine groups is 1. The lowest BCUT2D eigenvalue weighted by Crippen LogP contribution is -2.46. The molecule has 0 atom stereocenters. The van der Waals surface area contributed by atoms with E-state index in [0.29, 0.717) is 31.8 Å². The Labute approximate surface area is 160 Å². The van der Waals surface area contributed by atoms with Gasteiger partial charge in [0.1, 0.15) is 5.75 Å². The number of benzene rings is 1. The van der Waals surface area contributed by atoms with Gasteiger partial charge in [0.2, 0.25) is 11.8 Å². The number of imide groups is 1. The van der Waals surface area contributed by atoms with E-state index in [1.807, 2.05) is 6.92 Å². The van der Waals surface area contributed by atoms with Crippen LogP contribution in [0.5, 0.6) is 5.75 Å². The van der Waals surface area contributed by atoms with Crippen LogP contribution in [0.3, 0.4) is 0 Å². The lowest BCUT2D eigenvalue weighted by Gasteiger charge is -2.25. The number of carbonyl (C=O) groups is 2. The molecule has 10 heteroatoms. The minimum atomic E-state index is -4.78. The summed E-state index contributed by atoms with van der Waals surface area (Å²) in [6, 6.07) is 5.78. The smallest absolute Gasteiger partial charge is 0.405 e. The Morgan fingerprint density at radius 3 is 2.50 bits per heavy atom. The lowest BCUT2D eigenvalue weighted by molar-refractivity contribution is -0.274. The van der Waals surface area contributed by atoms with Crippen molar-refractivity contribution < 1.29 is 27.5 Å². The zero-order chi connectivity index (χ0) is 20.6. The maximum atomic E-state index is 12.5. The fourth-order valence-electron chi connectivity index (χ4n) is 2.70. The highest BCUT2D eigenvalue weighted by molar-refractivity contribution is 5.97. The maximum absolute atomic E-state index is 12.5. The molecule has 0 aromatic heterocycles. The zero-order valence-electron chi connectivity index (χ0n) is 15.5. The van der Waals surface area contributed by atoms with E-state index in [2.05, 4.69) is 20.4 Å². The van der Waals surface area contributed by atoms with Gasteiger partial charge in [-0.1, -0.05) is 18.2 Å². The minimum absolute atomic E-state index is 0.0385. The Morgan fingerprint density at radius 1 is 1.18 bits per heavy atom. The van der Waals surface area contributed by atoms with Crippen LogP contribution in [-0.4, -0.2) is 48.7 Å². The third kappa shape index (κ3) is 6.75. The Hall–Kier alpha value is -2.78. The molecule has 7 nitrogen and oxygen atoms in total. The number of alkyl halides is 3. The highest BCUT2D eigenvalue weighted by Crippen LogP contribution is 2.26. The van der Waals surface area contributed by atoms with Crippen molar-refractivity contribution in [1.29, 1.82) is 0 Å². The van der Waals surface area contributed by atoms with Crippen molar-refractivity contribution in [3.8, 4) is 5.75 Å². The van der Waals surface area contributed by atoms with Crippen molar-refractivity contribution in [3.63, 3.8) is 0 Å². The van der Waals surface area contributed by atoms with Gasteiger partial charge in [0.25, 0.3) is 0 Å². The summed E-state index contributed by atoms with van der Waals surface area (Å²) in [5.74, 6) is -0.336. The predicted octanol–water partition coefficient (Wildman–Crippen LogP) is 2.18. The van der Waals surface area contributed by atoms with Crippen LogP contribution in [0.25, 0.3) is 0 Å². The summed E-state index contributed by atoms with van der Waals surface area (Å²) in [7, 11) is 0. The number of nitrogens with one attached hydrogen (secondary N) is 2. The van der Waals surface area contributed by atoms with Crippen molar-refractivity contribution >= 4 is 17.8 Å². The number of hydrogen-bond donors (Lipinski definition) is 2. The fourth-order valence-corrected chi connectivity index (χ4v) is 2.70. The van der Waals surface area contributed by atoms with Crippen LogP contribution in [-0.2, 0) is 16.1 Å². The highest BCUT2D eigenvalue weighted by atomic mass is 19.4. The molecule has 0 saturated carbocycles. The number of nitrogens with zero attached hydrogens (tertiary/aromatic N) is 2. The normalized spacial score (nSPS) is 15.6. The number of rotatable bonds is 7. The molecule has 1 saturated heterocycles. The molecular formula is C18H23F3N4O3. The van der Waals surface area contributed by atoms with E-state index in [4.69, 9.17) is 0 Å². The predicted molar refractivity (Wildman–Crippen MR) is 96.5 cm³/mol. The van der Waals surface area contributed by atoms with E-state index in [-0.39, 0.29) is 42.8 Å². The first-order valence-electron chi connectivity index (χ1n) is 8.99. The molecule has 1 heterocycles. The van der Waals surface area contributed by atoms with Crippen molar-refractivity contribution in [2.45, 2.75) is 39.1 Å².